The molecule has 1 fully saturated rings. The summed E-state index contributed by atoms with van der Waals surface area (Å²) in [6, 6.07) is 7.93. The highest BCUT2D eigenvalue weighted by Crippen LogP contribution is 2.25. The van der Waals surface area contributed by atoms with E-state index in [1.54, 1.807) is 0 Å². The average molecular weight is 274 g/mol. The van der Waals surface area contributed by atoms with Gasteiger partial charge in [-0.15, -0.1) is 0 Å². The van der Waals surface area contributed by atoms with Gasteiger partial charge in [-0.3, -0.25) is 0 Å². The number of benzene rings is 1. The largest absolute Gasteiger partial charge is 0.338 e. The molecule has 1 saturated carbocycles. The lowest BCUT2D eigenvalue weighted by atomic mass is 9.87. The van der Waals surface area contributed by atoms with Crippen LogP contribution in [-0.4, -0.2) is 12.6 Å². The molecular formula is C17H26N2O. The molecule has 0 spiro atoms. The Bertz CT molecular complexity index is 408. The van der Waals surface area contributed by atoms with E-state index in [1.165, 1.54) is 37.7 Å². The van der Waals surface area contributed by atoms with E-state index in [0.717, 1.165) is 31.0 Å². The molecule has 20 heavy (non-hydrogen) atoms. The van der Waals surface area contributed by atoms with Gasteiger partial charge in [-0.1, -0.05) is 51.2 Å². The Morgan fingerprint density at radius 2 is 1.85 bits per heavy atom. The molecule has 0 aliphatic heterocycles. The van der Waals surface area contributed by atoms with Crippen LogP contribution in [-0.2, 0) is 6.42 Å². The third-order valence-electron chi connectivity index (χ3n) is 4.18. The topological polar surface area (TPSA) is 41.1 Å². The van der Waals surface area contributed by atoms with Crippen LogP contribution in [0.3, 0.4) is 0 Å². The van der Waals surface area contributed by atoms with Gasteiger partial charge in [0.15, 0.2) is 0 Å². The van der Waals surface area contributed by atoms with Crippen molar-refractivity contribution < 1.29 is 4.79 Å². The SMILES string of the molecule is CCc1ccc(NC(=O)NCCC2CCCCC2)cc1. The maximum Gasteiger partial charge on any atom is 0.319 e. The van der Waals surface area contributed by atoms with Gasteiger partial charge in [0.05, 0.1) is 0 Å². The van der Waals surface area contributed by atoms with E-state index >= 15 is 0 Å². The quantitative estimate of drug-likeness (QED) is 0.824. The van der Waals surface area contributed by atoms with Crippen LogP contribution in [0.15, 0.2) is 24.3 Å². The number of hydrogen-bond donors (Lipinski definition) is 2. The monoisotopic (exact) mass is 274 g/mol. The van der Waals surface area contributed by atoms with Crippen molar-refractivity contribution in [2.45, 2.75) is 51.9 Å². The normalized spacial score (nSPS) is 15.8. The van der Waals surface area contributed by atoms with Gasteiger partial charge in [0.25, 0.3) is 0 Å². The second-order valence-corrected chi connectivity index (χ2v) is 5.72. The Kier molecular flexibility index (Phi) is 5.90. The minimum atomic E-state index is -0.0925. The predicted molar refractivity (Wildman–Crippen MR) is 84.0 cm³/mol. The number of rotatable bonds is 5. The summed E-state index contributed by atoms with van der Waals surface area (Å²) >= 11 is 0. The number of hydrogen-bond acceptors (Lipinski definition) is 1. The fourth-order valence-corrected chi connectivity index (χ4v) is 2.86. The van der Waals surface area contributed by atoms with Crippen molar-refractivity contribution >= 4 is 11.7 Å². The molecule has 3 nitrogen and oxygen atoms in total. The van der Waals surface area contributed by atoms with Crippen LogP contribution in [0.5, 0.6) is 0 Å². The summed E-state index contributed by atoms with van der Waals surface area (Å²) in [6.07, 6.45) is 8.92. The number of urea groups is 1. The van der Waals surface area contributed by atoms with Crippen LogP contribution in [0.25, 0.3) is 0 Å². The highest BCUT2D eigenvalue weighted by atomic mass is 16.2. The zero-order chi connectivity index (χ0) is 14.2. The summed E-state index contributed by atoms with van der Waals surface area (Å²) < 4.78 is 0. The molecule has 1 aliphatic rings. The number of amides is 2. The van der Waals surface area contributed by atoms with Gasteiger partial charge in [0, 0.05) is 12.2 Å². The summed E-state index contributed by atoms with van der Waals surface area (Å²) in [7, 11) is 0. The Balaban J connectivity index is 1.66. The zero-order valence-electron chi connectivity index (χ0n) is 12.5. The number of carbonyl (C=O) groups excluding carboxylic acids is 1. The number of nitrogens with one attached hydrogen (secondary N) is 2. The number of anilines is 1. The molecule has 2 rings (SSSR count). The van der Waals surface area contributed by atoms with Crippen molar-refractivity contribution in [2.75, 3.05) is 11.9 Å². The van der Waals surface area contributed by atoms with Gasteiger partial charge in [-0.25, -0.2) is 4.79 Å². The van der Waals surface area contributed by atoms with Gasteiger partial charge in [-0.2, -0.15) is 0 Å². The fraction of sp³-hybridized carbons (Fsp3) is 0.588. The van der Waals surface area contributed by atoms with Crippen molar-refractivity contribution in [1.82, 2.24) is 5.32 Å². The molecule has 0 bridgehead atoms. The molecule has 0 atom stereocenters. The molecule has 110 valence electrons. The van der Waals surface area contributed by atoms with E-state index in [-0.39, 0.29) is 6.03 Å². The zero-order valence-corrected chi connectivity index (χ0v) is 12.5. The summed E-state index contributed by atoms with van der Waals surface area (Å²) in [6.45, 7) is 2.91. The van der Waals surface area contributed by atoms with Crippen molar-refractivity contribution in [2.24, 2.45) is 5.92 Å². The lowest BCUT2D eigenvalue weighted by Gasteiger charge is -2.21. The van der Waals surface area contributed by atoms with Crippen LogP contribution in [0.2, 0.25) is 0 Å². The van der Waals surface area contributed by atoms with E-state index in [0.29, 0.717) is 0 Å². The molecule has 1 aromatic rings. The van der Waals surface area contributed by atoms with Crippen molar-refractivity contribution in [3.63, 3.8) is 0 Å². The third kappa shape index (κ3) is 4.87. The Hall–Kier alpha value is -1.51. The summed E-state index contributed by atoms with van der Waals surface area (Å²) in [4.78, 5) is 11.8. The number of aryl methyl sites for hydroxylation is 1. The van der Waals surface area contributed by atoms with E-state index < -0.39 is 0 Å². The van der Waals surface area contributed by atoms with E-state index in [1.807, 2.05) is 12.1 Å². The minimum absolute atomic E-state index is 0.0925. The smallest absolute Gasteiger partial charge is 0.319 e. The maximum absolute atomic E-state index is 11.8. The summed E-state index contributed by atoms with van der Waals surface area (Å²) in [5, 5.41) is 5.84. The van der Waals surface area contributed by atoms with E-state index in [2.05, 4.69) is 29.7 Å². The molecule has 3 heteroatoms. The molecule has 1 aromatic carbocycles. The first-order chi connectivity index (χ1) is 9.78. The van der Waals surface area contributed by atoms with Crippen molar-refractivity contribution in [3.8, 4) is 0 Å². The van der Waals surface area contributed by atoms with Gasteiger partial charge < -0.3 is 10.6 Å². The average Bonchev–Trinajstić information content (AvgIpc) is 2.49. The molecule has 0 radical (unpaired) electrons. The standard InChI is InChI=1S/C17H26N2O/c1-2-14-8-10-16(11-9-14)19-17(20)18-13-12-15-6-4-3-5-7-15/h8-11,15H,2-7,12-13H2,1H3,(H2,18,19,20). The third-order valence-corrected chi connectivity index (χ3v) is 4.18. The highest BCUT2D eigenvalue weighted by molar-refractivity contribution is 5.89. The maximum atomic E-state index is 11.8. The summed E-state index contributed by atoms with van der Waals surface area (Å²) in [5.74, 6) is 0.813. The Labute approximate surface area is 122 Å². The van der Waals surface area contributed by atoms with Crippen molar-refractivity contribution in [3.05, 3.63) is 29.8 Å². The van der Waals surface area contributed by atoms with Crippen molar-refractivity contribution in [1.29, 1.82) is 0 Å². The van der Waals surface area contributed by atoms with Crippen LogP contribution in [0, 0.1) is 5.92 Å². The summed E-state index contributed by atoms with van der Waals surface area (Å²) in [5.41, 5.74) is 2.14. The molecular weight excluding hydrogens is 248 g/mol. The Morgan fingerprint density at radius 1 is 1.15 bits per heavy atom. The molecule has 2 N–H and O–H groups in total. The van der Waals surface area contributed by atoms with Gasteiger partial charge in [0.2, 0.25) is 0 Å². The lowest BCUT2D eigenvalue weighted by Crippen LogP contribution is -2.30. The molecule has 0 saturated heterocycles. The first-order valence-corrected chi connectivity index (χ1v) is 7.91. The highest BCUT2D eigenvalue weighted by Gasteiger charge is 2.13. The molecule has 0 aromatic heterocycles. The van der Waals surface area contributed by atoms with E-state index in [4.69, 9.17) is 0 Å². The first-order valence-electron chi connectivity index (χ1n) is 7.91. The lowest BCUT2D eigenvalue weighted by molar-refractivity contribution is 0.250. The number of carbonyl (C=O) groups is 1. The molecule has 0 heterocycles. The van der Waals surface area contributed by atoms with Gasteiger partial charge in [-0.05, 0) is 36.5 Å². The second kappa shape index (κ2) is 7.93. The Morgan fingerprint density at radius 3 is 2.50 bits per heavy atom. The van der Waals surface area contributed by atoms with Crippen LogP contribution < -0.4 is 10.6 Å². The second-order valence-electron chi connectivity index (χ2n) is 5.72. The molecule has 0 unspecified atom stereocenters. The van der Waals surface area contributed by atoms with E-state index in [9.17, 15) is 4.79 Å². The molecule has 2 amide bonds. The first kappa shape index (κ1) is 14.9. The van der Waals surface area contributed by atoms with Gasteiger partial charge >= 0.3 is 6.03 Å². The van der Waals surface area contributed by atoms with Crippen LogP contribution in [0.1, 0.15) is 51.0 Å². The minimum Gasteiger partial charge on any atom is -0.338 e. The molecule has 1 aliphatic carbocycles. The van der Waals surface area contributed by atoms with Gasteiger partial charge in [0.1, 0.15) is 0 Å². The predicted octanol–water partition coefficient (Wildman–Crippen LogP) is 4.34. The van der Waals surface area contributed by atoms with Crippen LogP contribution >= 0.6 is 0 Å². The fourth-order valence-electron chi connectivity index (χ4n) is 2.86. The van der Waals surface area contributed by atoms with Crippen LogP contribution in [0.4, 0.5) is 10.5 Å².